The molecule has 0 bridgehead atoms. The van der Waals surface area contributed by atoms with E-state index in [1.54, 1.807) is 12.1 Å². The van der Waals surface area contributed by atoms with Gasteiger partial charge in [0.25, 0.3) is 0 Å². The van der Waals surface area contributed by atoms with Crippen LogP contribution in [0.1, 0.15) is 22.7 Å². The lowest BCUT2D eigenvalue weighted by atomic mass is 9.90. The summed E-state index contributed by atoms with van der Waals surface area (Å²) in [4.78, 5) is 0. The Labute approximate surface area is 131 Å². The predicted molar refractivity (Wildman–Crippen MR) is 85.5 cm³/mol. The fourth-order valence-electron chi connectivity index (χ4n) is 3.27. The third kappa shape index (κ3) is 2.44. The maximum atomic E-state index is 12.7. The Morgan fingerprint density at radius 2 is 1.57 bits per heavy atom. The Morgan fingerprint density at radius 1 is 0.870 bits per heavy atom. The molecule has 0 saturated heterocycles. The minimum atomic E-state index is -4.29. The third-order valence-corrected chi connectivity index (χ3v) is 4.39. The second kappa shape index (κ2) is 5.01. The van der Waals surface area contributed by atoms with Crippen LogP contribution < -0.4 is 5.32 Å². The van der Waals surface area contributed by atoms with Gasteiger partial charge in [-0.2, -0.15) is 13.2 Å². The molecule has 1 nitrogen and oxygen atoms in total. The fourth-order valence-corrected chi connectivity index (χ4v) is 3.27. The molecule has 1 heterocycles. The van der Waals surface area contributed by atoms with Crippen molar-refractivity contribution >= 4 is 16.5 Å². The highest BCUT2D eigenvalue weighted by Gasteiger charge is 2.30. The number of benzene rings is 3. The molecule has 1 unspecified atom stereocenters. The average Bonchev–Trinajstić information content (AvgIpc) is 2.55. The van der Waals surface area contributed by atoms with E-state index in [0.717, 1.165) is 29.8 Å². The van der Waals surface area contributed by atoms with Gasteiger partial charge in [0.2, 0.25) is 0 Å². The zero-order chi connectivity index (χ0) is 16.0. The number of rotatable bonds is 1. The molecule has 0 aliphatic carbocycles. The zero-order valence-electron chi connectivity index (χ0n) is 12.2. The van der Waals surface area contributed by atoms with Gasteiger partial charge in [-0.1, -0.05) is 42.5 Å². The van der Waals surface area contributed by atoms with Gasteiger partial charge in [-0.3, -0.25) is 0 Å². The molecular weight excluding hydrogens is 299 g/mol. The summed E-state index contributed by atoms with van der Waals surface area (Å²) in [6.07, 6.45) is -3.53. The lowest BCUT2D eigenvalue weighted by molar-refractivity contribution is -0.137. The van der Waals surface area contributed by atoms with Gasteiger partial charge in [0.15, 0.2) is 0 Å². The second-order valence-electron chi connectivity index (χ2n) is 5.84. The van der Waals surface area contributed by atoms with Crippen LogP contribution in [0.2, 0.25) is 0 Å². The Morgan fingerprint density at radius 3 is 2.26 bits per heavy atom. The average molecular weight is 313 g/mol. The second-order valence-corrected chi connectivity index (χ2v) is 5.84. The van der Waals surface area contributed by atoms with E-state index >= 15 is 0 Å². The van der Waals surface area contributed by atoms with Crippen LogP contribution in [0.15, 0.2) is 60.7 Å². The van der Waals surface area contributed by atoms with Crippen molar-refractivity contribution in [1.82, 2.24) is 0 Å². The van der Waals surface area contributed by atoms with E-state index < -0.39 is 11.7 Å². The molecule has 0 spiro atoms. The first kappa shape index (κ1) is 14.1. The number of halogens is 3. The van der Waals surface area contributed by atoms with Crippen molar-refractivity contribution in [2.24, 2.45) is 0 Å². The van der Waals surface area contributed by atoms with Crippen LogP contribution in [0.4, 0.5) is 18.9 Å². The molecule has 116 valence electrons. The molecule has 1 aliphatic rings. The molecule has 0 aromatic heterocycles. The third-order valence-electron chi connectivity index (χ3n) is 4.39. The summed E-state index contributed by atoms with van der Waals surface area (Å²) in [5.74, 6) is 0. The van der Waals surface area contributed by atoms with E-state index in [1.165, 1.54) is 16.3 Å². The lowest BCUT2D eigenvalue weighted by Gasteiger charge is -2.28. The number of anilines is 1. The molecule has 1 atom stereocenters. The van der Waals surface area contributed by atoms with Gasteiger partial charge in [0, 0.05) is 11.1 Å². The Bertz CT molecular complexity index is 825. The van der Waals surface area contributed by atoms with Crippen molar-refractivity contribution in [2.45, 2.75) is 18.6 Å². The Kier molecular flexibility index (Phi) is 3.08. The summed E-state index contributed by atoms with van der Waals surface area (Å²) in [5.41, 5.74) is 2.51. The van der Waals surface area contributed by atoms with Crippen LogP contribution in [-0.4, -0.2) is 0 Å². The van der Waals surface area contributed by atoms with Gasteiger partial charge >= 0.3 is 6.18 Å². The standard InChI is InChI=1S/C19H14F3N/c20-19(21,22)15-9-7-12(8-10-15)17-11-14-5-1-3-13-4-2-6-16(23-17)18(13)14/h1-10,17,23H,11H2. The normalized spacial score (nSPS) is 17.1. The topological polar surface area (TPSA) is 12.0 Å². The van der Waals surface area contributed by atoms with Crippen LogP contribution in [-0.2, 0) is 12.6 Å². The molecule has 23 heavy (non-hydrogen) atoms. The van der Waals surface area contributed by atoms with Gasteiger partial charge in [-0.05, 0) is 41.1 Å². The molecule has 4 rings (SSSR count). The van der Waals surface area contributed by atoms with E-state index in [-0.39, 0.29) is 6.04 Å². The Hall–Kier alpha value is -2.49. The monoisotopic (exact) mass is 313 g/mol. The van der Waals surface area contributed by atoms with Crippen LogP contribution in [0.25, 0.3) is 10.8 Å². The number of hydrogen-bond acceptors (Lipinski definition) is 1. The smallest absolute Gasteiger partial charge is 0.377 e. The van der Waals surface area contributed by atoms with Crippen molar-refractivity contribution in [3.8, 4) is 0 Å². The van der Waals surface area contributed by atoms with E-state index in [1.807, 2.05) is 18.2 Å². The highest BCUT2D eigenvalue weighted by Crippen LogP contribution is 2.38. The van der Waals surface area contributed by atoms with Gasteiger partial charge in [0.05, 0.1) is 11.6 Å². The molecule has 0 radical (unpaired) electrons. The van der Waals surface area contributed by atoms with Crippen molar-refractivity contribution in [3.05, 3.63) is 77.4 Å². The highest BCUT2D eigenvalue weighted by atomic mass is 19.4. The summed E-state index contributed by atoms with van der Waals surface area (Å²) in [6, 6.07) is 17.7. The molecule has 4 heteroatoms. The Balaban J connectivity index is 1.70. The summed E-state index contributed by atoms with van der Waals surface area (Å²) >= 11 is 0. The van der Waals surface area contributed by atoms with Crippen LogP contribution >= 0.6 is 0 Å². The van der Waals surface area contributed by atoms with E-state index in [4.69, 9.17) is 0 Å². The van der Waals surface area contributed by atoms with E-state index in [0.29, 0.717) is 0 Å². The summed E-state index contributed by atoms with van der Waals surface area (Å²) in [7, 11) is 0. The van der Waals surface area contributed by atoms with Gasteiger partial charge < -0.3 is 5.32 Å². The molecule has 3 aromatic rings. The molecule has 1 N–H and O–H groups in total. The highest BCUT2D eigenvalue weighted by molar-refractivity contribution is 5.97. The maximum absolute atomic E-state index is 12.7. The van der Waals surface area contributed by atoms with Crippen molar-refractivity contribution in [1.29, 1.82) is 0 Å². The molecular formula is C19H14F3N. The van der Waals surface area contributed by atoms with Gasteiger partial charge in [0.1, 0.15) is 0 Å². The van der Waals surface area contributed by atoms with Crippen molar-refractivity contribution in [3.63, 3.8) is 0 Å². The SMILES string of the molecule is FC(F)(F)c1ccc(C2Cc3cccc4cccc(c34)N2)cc1. The van der Waals surface area contributed by atoms with E-state index in [2.05, 4.69) is 23.5 Å². The minimum absolute atomic E-state index is 0.0159. The maximum Gasteiger partial charge on any atom is 0.416 e. The molecule has 0 saturated carbocycles. The summed E-state index contributed by atoms with van der Waals surface area (Å²) in [6.45, 7) is 0. The van der Waals surface area contributed by atoms with Gasteiger partial charge in [-0.15, -0.1) is 0 Å². The summed E-state index contributed by atoms with van der Waals surface area (Å²) < 4.78 is 38.1. The van der Waals surface area contributed by atoms with Crippen LogP contribution in [0, 0.1) is 0 Å². The van der Waals surface area contributed by atoms with Crippen molar-refractivity contribution < 1.29 is 13.2 Å². The minimum Gasteiger partial charge on any atom is -0.377 e. The molecule has 0 fully saturated rings. The van der Waals surface area contributed by atoms with Crippen LogP contribution in [0.3, 0.4) is 0 Å². The predicted octanol–water partition coefficient (Wildman–Crippen LogP) is 5.57. The first-order valence-corrected chi connectivity index (χ1v) is 7.47. The number of hydrogen-bond donors (Lipinski definition) is 1. The fraction of sp³-hybridized carbons (Fsp3) is 0.158. The molecule has 1 aliphatic heterocycles. The lowest BCUT2D eigenvalue weighted by Crippen LogP contribution is -2.18. The number of nitrogens with one attached hydrogen (secondary N) is 1. The summed E-state index contributed by atoms with van der Waals surface area (Å²) in [5, 5.41) is 5.84. The molecule has 3 aromatic carbocycles. The van der Waals surface area contributed by atoms with Gasteiger partial charge in [-0.25, -0.2) is 0 Å². The first-order valence-electron chi connectivity index (χ1n) is 7.47. The molecule has 0 amide bonds. The zero-order valence-corrected chi connectivity index (χ0v) is 12.2. The first-order chi connectivity index (χ1) is 11.0. The largest absolute Gasteiger partial charge is 0.416 e. The van der Waals surface area contributed by atoms with Crippen molar-refractivity contribution in [2.75, 3.05) is 5.32 Å². The van der Waals surface area contributed by atoms with E-state index in [9.17, 15) is 13.2 Å². The quantitative estimate of drug-likeness (QED) is 0.619. The van der Waals surface area contributed by atoms with Crippen LogP contribution in [0.5, 0.6) is 0 Å². The number of alkyl halides is 3.